The molecule has 1 heterocycles. The van der Waals surface area contributed by atoms with Gasteiger partial charge in [0.25, 0.3) is 11.8 Å². The Morgan fingerprint density at radius 1 is 0.800 bits per heavy atom. The van der Waals surface area contributed by atoms with Crippen LogP contribution in [-0.4, -0.2) is 24.4 Å². The summed E-state index contributed by atoms with van der Waals surface area (Å²) in [5.41, 5.74) is 4.95. The van der Waals surface area contributed by atoms with E-state index in [1.165, 1.54) is 6.92 Å². The van der Waals surface area contributed by atoms with Crippen LogP contribution in [0.2, 0.25) is 0 Å². The summed E-state index contributed by atoms with van der Waals surface area (Å²) in [6.45, 7) is 7.04. The third-order valence-corrected chi connectivity index (χ3v) is 5.92. The second-order valence-corrected chi connectivity index (χ2v) is 8.32. The molecule has 2 N–H and O–H groups in total. The van der Waals surface area contributed by atoms with E-state index in [1.807, 2.05) is 26.8 Å². The van der Waals surface area contributed by atoms with Gasteiger partial charge < -0.3 is 20.1 Å². The number of rotatable bonds is 5. The van der Waals surface area contributed by atoms with Crippen molar-refractivity contribution in [3.63, 3.8) is 0 Å². The number of ether oxygens (including phenoxy) is 2. The van der Waals surface area contributed by atoms with Crippen molar-refractivity contribution < 1.29 is 23.9 Å². The normalized spacial score (nSPS) is 12.1. The molecule has 7 heteroatoms. The van der Waals surface area contributed by atoms with Gasteiger partial charge in [0.1, 0.15) is 18.1 Å². The molecule has 7 nitrogen and oxygen atoms in total. The highest BCUT2D eigenvalue weighted by molar-refractivity contribution is 6.11. The van der Waals surface area contributed by atoms with Crippen molar-refractivity contribution in [3.8, 4) is 11.5 Å². The first-order valence-electron chi connectivity index (χ1n) is 11.2. The Labute approximate surface area is 203 Å². The molecule has 0 bridgehead atoms. The van der Waals surface area contributed by atoms with Gasteiger partial charge in [-0.05, 0) is 62.2 Å². The lowest BCUT2D eigenvalue weighted by atomic mass is 9.94. The topological polar surface area (TPSA) is 93.7 Å². The van der Waals surface area contributed by atoms with E-state index in [4.69, 9.17) is 9.47 Å². The van der Waals surface area contributed by atoms with Gasteiger partial charge in [0.15, 0.2) is 0 Å². The third-order valence-electron chi connectivity index (χ3n) is 5.92. The molecule has 3 aromatic rings. The second-order valence-electron chi connectivity index (χ2n) is 8.32. The number of nitrogens with one attached hydrogen (secondary N) is 2. The first-order valence-corrected chi connectivity index (χ1v) is 11.2. The number of carbonyl (C=O) groups is 3. The standard InChI is InChI=1S/C28H26N2O5/c1-16-17(2)26-22(18(3)25(16)35-19(4)31)14-21(15-34-26)28(33)30-24-13-9-8-12-23(24)29-27(32)20-10-6-5-7-11-20/h5-14H,15H2,1-4H3,(H,29,32)(H,30,33). The number of para-hydroxylation sites is 2. The lowest BCUT2D eigenvalue weighted by Crippen LogP contribution is -2.23. The van der Waals surface area contributed by atoms with Crippen LogP contribution in [0.5, 0.6) is 11.5 Å². The van der Waals surface area contributed by atoms with E-state index in [0.29, 0.717) is 39.6 Å². The van der Waals surface area contributed by atoms with Crippen LogP contribution in [0, 0.1) is 20.8 Å². The van der Waals surface area contributed by atoms with Gasteiger partial charge in [-0.3, -0.25) is 14.4 Å². The van der Waals surface area contributed by atoms with Crippen molar-refractivity contribution >= 4 is 35.2 Å². The number of anilines is 2. The zero-order valence-electron chi connectivity index (χ0n) is 20.0. The lowest BCUT2D eigenvalue weighted by molar-refractivity contribution is -0.132. The Morgan fingerprint density at radius 2 is 1.40 bits per heavy atom. The van der Waals surface area contributed by atoms with E-state index in [2.05, 4.69) is 10.6 Å². The molecule has 0 fully saturated rings. The monoisotopic (exact) mass is 470 g/mol. The zero-order valence-corrected chi connectivity index (χ0v) is 20.0. The Bertz CT molecular complexity index is 1360. The number of hydrogen-bond acceptors (Lipinski definition) is 5. The lowest BCUT2D eigenvalue weighted by Gasteiger charge is -2.24. The smallest absolute Gasteiger partial charge is 0.308 e. The van der Waals surface area contributed by atoms with Crippen LogP contribution < -0.4 is 20.1 Å². The predicted molar refractivity (Wildman–Crippen MR) is 135 cm³/mol. The minimum Gasteiger partial charge on any atom is -0.488 e. The highest BCUT2D eigenvalue weighted by Gasteiger charge is 2.25. The molecule has 0 spiro atoms. The fourth-order valence-corrected chi connectivity index (χ4v) is 3.96. The summed E-state index contributed by atoms with van der Waals surface area (Å²) in [5.74, 6) is 0.0974. The minimum absolute atomic E-state index is 0.0873. The molecule has 2 amide bonds. The van der Waals surface area contributed by atoms with Gasteiger partial charge in [-0.2, -0.15) is 0 Å². The maximum absolute atomic E-state index is 13.2. The minimum atomic E-state index is -0.414. The molecule has 3 aromatic carbocycles. The van der Waals surface area contributed by atoms with Crippen molar-refractivity contribution in [2.75, 3.05) is 17.2 Å². The number of esters is 1. The predicted octanol–water partition coefficient (Wildman–Crippen LogP) is 5.20. The average Bonchev–Trinajstić information content (AvgIpc) is 2.86. The van der Waals surface area contributed by atoms with Gasteiger partial charge in [0, 0.05) is 23.6 Å². The largest absolute Gasteiger partial charge is 0.488 e. The second kappa shape index (κ2) is 9.85. The Kier molecular flexibility index (Phi) is 6.68. The van der Waals surface area contributed by atoms with E-state index in [-0.39, 0.29) is 18.4 Å². The number of benzene rings is 3. The summed E-state index contributed by atoms with van der Waals surface area (Å²) in [6.07, 6.45) is 1.76. The van der Waals surface area contributed by atoms with Crippen LogP contribution in [-0.2, 0) is 9.59 Å². The average molecular weight is 471 g/mol. The van der Waals surface area contributed by atoms with Gasteiger partial charge in [0.05, 0.1) is 16.9 Å². The van der Waals surface area contributed by atoms with E-state index < -0.39 is 5.97 Å². The molecular formula is C28H26N2O5. The maximum atomic E-state index is 13.2. The third kappa shape index (κ3) is 4.94. The molecular weight excluding hydrogens is 444 g/mol. The van der Waals surface area contributed by atoms with Crippen LogP contribution in [0.3, 0.4) is 0 Å². The summed E-state index contributed by atoms with van der Waals surface area (Å²) in [7, 11) is 0. The van der Waals surface area contributed by atoms with Crippen LogP contribution in [0.1, 0.15) is 39.5 Å². The fraction of sp³-hybridized carbons (Fsp3) is 0.179. The zero-order chi connectivity index (χ0) is 25.1. The number of carbonyl (C=O) groups excluding carboxylic acids is 3. The number of hydrogen-bond donors (Lipinski definition) is 2. The Balaban J connectivity index is 1.60. The van der Waals surface area contributed by atoms with E-state index >= 15 is 0 Å². The fourth-order valence-electron chi connectivity index (χ4n) is 3.96. The molecule has 0 saturated carbocycles. The van der Waals surface area contributed by atoms with Gasteiger partial charge in [0.2, 0.25) is 0 Å². The van der Waals surface area contributed by atoms with Gasteiger partial charge in [-0.1, -0.05) is 30.3 Å². The van der Waals surface area contributed by atoms with Crippen LogP contribution in [0.4, 0.5) is 11.4 Å². The molecule has 4 rings (SSSR count). The van der Waals surface area contributed by atoms with Crippen molar-refractivity contribution in [1.29, 1.82) is 0 Å². The summed E-state index contributed by atoms with van der Waals surface area (Å²) in [6, 6.07) is 15.8. The quantitative estimate of drug-likeness (QED) is 0.395. The van der Waals surface area contributed by atoms with Crippen LogP contribution in [0.15, 0.2) is 60.2 Å². The summed E-state index contributed by atoms with van der Waals surface area (Å²) < 4.78 is 11.4. The first kappa shape index (κ1) is 23.8. The van der Waals surface area contributed by atoms with Crippen molar-refractivity contribution in [3.05, 3.63) is 88.0 Å². The number of fused-ring (bicyclic) bond motifs is 1. The molecule has 0 aromatic heterocycles. The maximum Gasteiger partial charge on any atom is 0.308 e. The SMILES string of the molecule is CC(=O)Oc1c(C)c(C)c2c(c1C)C=C(C(=O)Nc1ccccc1NC(=O)c1ccccc1)CO2. The van der Waals surface area contributed by atoms with Gasteiger partial charge in [-0.25, -0.2) is 0 Å². The van der Waals surface area contributed by atoms with Crippen molar-refractivity contribution in [2.45, 2.75) is 27.7 Å². The van der Waals surface area contributed by atoms with E-state index in [0.717, 1.165) is 16.7 Å². The van der Waals surface area contributed by atoms with Gasteiger partial charge in [-0.15, -0.1) is 0 Å². The molecule has 178 valence electrons. The van der Waals surface area contributed by atoms with E-state index in [1.54, 1.807) is 54.6 Å². The Morgan fingerprint density at radius 3 is 2.03 bits per heavy atom. The first-order chi connectivity index (χ1) is 16.8. The summed E-state index contributed by atoms with van der Waals surface area (Å²) in [5, 5.41) is 5.72. The van der Waals surface area contributed by atoms with E-state index in [9.17, 15) is 14.4 Å². The Hall–Kier alpha value is -4.39. The molecule has 35 heavy (non-hydrogen) atoms. The molecule has 1 aliphatic rings. The highest BCUT2D eigenvalue weighted by atomic mass is 16.5. The molecule has 0 radical (unpaired) electrons. The van der Waals surface area contributed by atoms with Crippen molar-refractivity contribution in [2.24, 2.45) is 0 Å². The molecule has 0 unspecified atom stereocenters. The van der Waals surface area contributed by atoms with Crippen LogP contribution >= 0.6 is 0 Å². The summed E-state index contributed by atoms with van der Waals surface area (Å²) >= 11 is 0. The van der Waals surface area contributed by atoms with Crippen LogP contribution in [0.25, 0.3) is 6.08 Å². The van der Waals surface area contributed by atoms with Gasteiger partial charge >= 0.3 is 5.97 Å². The molecule has 1 aliphatic heterocycles. The number of amides is 2. The molecule has 0 atom stereocenters. The van der Waals surface area contributed by atoms with Crippen molar-refractivity contribution in [1.82, 2.24) is 0 Å². The molecule has 0 aliphatic carbocycles. The summed E-state index contributed by atoms with van der Waals surface area (Å²) in [4.78, 5) is 37.4. The molecule has 0 saturated heterocycles. The highest BCUT2D eigenvalue weighted by Crippen LogP contribution is 2.41.